The van der Waals surface area contributed by atoms with Crippen molar-refractivity contribution in [1.29, 1.82) is 0 Å². The van der Waals surface area contributed by atoms with E-state index < -0.39 is 0 Å². The van der Waals surface area contributed by atoms with Crippen LogP contribution in [-0.4, -0.2) is 22.9 Å². The number of H-pyrrole nitrogens is 1. The number of aromatic amines is 1. The number of carbonyl (C=O) groups excluding carboxylic acids is 1. The molecular weight excluding hydrogens is 306 g/mol. The largest absolute Gasteiger partial charge is 0.346 e. The molecule has 1 aromatic carbocycles. The van der Waals surface area contributed by atoms with E-state index in [9.17, 15) is 4.79 Å². The minimum Gasteiger partial charge on any atom is -0.346 e. The molecule has 6 heteroatoms. The van der Waals surface area contributed by atoms with Crippen molar-refractivity contribution in [2.24, 2.45) is 17.6 Å². The van der Waals surface area contributed by atoms with Crippen LogP contribution in [0.4, 0.5) is 0 Å². The van der Waals surface area contributed by atoms with Crippen molar-refractivity contribution in [3.05, 3.63) is 35.0 Å². The molecule has 0 unspecified atom stereocenters. The highest BCUT2D eigenvalue weighted by Crippen LogP contribution is 2.40. The predicted octanol–water partition coefficient (Wildman–Crippen LogP) is 3.11. The van der Waals surface area contributed by atoms with Crippen molar-refractivity contribution in [1.82, 2.24) is 9.69 Å². The first kappa shape index (κ1) is 14.6. The molecule has 21 heavy (non-hydrogen) atoms. The summed E-state index contributed by atoms with van der Waals surface area (Å²) in [5.74, 6) is 1.09. The monoisotopic (exact) mass is 323 g/mol. The van der Waals surface area contributed by atoms with E-state index in [1.807, 2.05) is 24.3 Å². The van der Waals surface area contributed by atoms with Gasteiger partial charge in [0.05, 0.1) is 4.88 Å². The zero-order chi connectivity index (χ0) is 15.0. The van der Waals surface area contributed by atoms with Crippen LogP contribution in [0.5, 0.6) is 0 Å². The molecule has 3 rings (SSSR count). The van der Waals surface area contributed by atoms with Crippen molar-refractivity contribution < 1.29 is 4.79 Å². The molecule has 4 N–H and O–H groups in total. The summed E-state index contributed by atoms with van der Waals surface area (Å²) in [6.07, 6.45) is 1.14. The number of hydrogen-bond donors (Lipinski definition) is 3. The minimum atomic E-state index is -0.0849. The molecule has 0 bridgehead atoms. The summed E-state index contributed by atoms with van der Waals surface area (Å²) in [7, 11) is 0. The molecule has 1 amide bonds. The third-order valence-corrected chi connectivity index (χ3v) is 5.24. The van der Waals surface area contributed by atoms with Crippen LogP contribution >= 0.6 is 23.1 Å². The maximum Gasteiger partial charge on any atom is 0.270 e. The zero-order valence-electron chi connectivity index (χ0n) is 11.7. The van der Waals surface area contributed by atoms with Gasteiger partial charge in [-0.1, -0.05) is 42.2 Å². The Kier molecular flexibility index (Phi) is 4.06. The second kappa shape index (κ2) is 5.83. The average molecular weight is 324 g/mol. The Labute approximate surface area is 132 Å². The number of carbonyl (C=O) groups is 1. The van der Waals surface area contributed by atoms with Crippen LogP contribution in [-0.2, 0) is 0 Å². The van der Waals surface area contributed by atoms with E-state index in [2.05, 4.69) is 16.6 Å². The van der Waals surface area contributed by atoms with Gasteiger partial charge in [-0.2, -0.15) is 0 Å². The second-order valence-corrected chi connectivity index (χ2v) is 6.86. The van der Waals surface area contributed by atoms with E-state index in [1.54, 1.807) is 0 Å². The molecule has 112 valence electrons. The van der Waals surface area contributed by atoms with Crippen LogP contribution < -0.4 is 11.1 Å². The van der Waals surface area contributed by atoms with Crippen molar-refractivity contribution in [3.8, 4) is 10.4 Å². The summed E-state index contributed by atoms with van der Waals surface area (Å²) in [6.45, 7) is 2.67. The number of hydrogen-bond acceptors (Lipinski definition) is 3. The Hall–Kier alpha value is -1.30. The summed E-state index contributed by atoms with van der Waals surface area (Å²) >= 11 is 7.44. The summed E-state index contributed by atoms with van der Waals surface area (Å²) in [5, 5.41) is 3.71. The highest BCUT2D eigenvalue weighted by molar-refractivity contribution is 7.11. The second-order valence-electron chi connectivity index (χ2n) is 5.61. The third kappa shape index (κ3) is 3.00. The Morgan fingerprint density at radius 1 is 1.62 bits per heavy atom. The smallest absolute Gasteiger partial charge is 0.270 e. The van der Waals surface area contributed by atoms with Gasteiger partial charge in [0.2, 0.25) is 0 Å². The summed E-state index contributed by atoms with van der Waals surface area (Å²) in [4.78, 5) is 13.3. The fourth-order valence-corrected chi connectivity index (χ4v) is 3.56. The lowest BCUT2D eigenvalue weighted by molar-refractivity contribution is 0.0928. The fraction of sp³-hybridized carbons (Fsp3) is 0.400. The van der Waals surface area contributed by atoms with Gasteiger partial charge in [0.1, 0.15) is 5.69 Å². The average Bonchev–Trinajstić information content (AvgIpc) is 3.11. The van der Waals surface area contributed by atoms with E-state index in [4.69, 9.17) is 17.3 Å². The summed E-state index contributed by atoms with van der Waals surface area (Å²) < 4.78 is 3.01. The molecule has 1 fully saturated rings. The van der Waals surface area contributed by atoms with Crippen molar-refractivity contribution in [2.75, 3.05) is 6.54 Å². The molecule has 2 aromatic rings. The molecular formula is C15H18ClN3OS. The van der Waals surface area contributed by atoms with Crippen LogP contribution in [0.3, 0.4) is 0 Å². The molecule has 4 nitrogen and oxygen atoms in total. The third-order valence-electron chi connectivity index (χ3n) is 4.06. The molecule has 1 aliphatic carbocycles. The van der Waals surface area contributed by atoms with Crippen LogP contribution in [0.1, 0.15) is 23.8 Å². The van der Waals surface area contributed by atoms with Gasteiger partial charge in [-0.15, -0.1) is 0 Å². The lowest BCUT2D eigenvalue weighted by atomic mass is 10.1. The number of amides is 1. The van der Waals surface area contributed by atoms with Gasteiger partial charge in [-0.3, -0.25) is 4.79 Å². The first-order valence-corrected chi connectivity index (χ1v) is 8.23. The number of benzene rings is 1. The van der Waals surface area contributed by atoms with Crippen LogP contribution in [0.15, 0.2) is 24.3 Å². The molecule has 1 heterocycles. The highest BCUT2D eigenvalue weighted by Gasteiger charge is 2.39. The number of nitrogens with two attached hydrogens (primary N) is 1. The predicted molar refractivity (Wildman–Crippen MR) is 86.7 cm³/mol. The van der Waals surface area contributed by atoms with E-state index >= 15 is 0 Å². The first-order valence-electron chi connectivity index (χ1n) is 7.04. The van der Waals surface area contributed by atoms with Crippen molar-refractivity contribution in [2.45, 2.75) is 19.4 Å². The van der Waals surface area contributed by atoms with Crippen molar-refractivity contribution in [3.63, 3.8) is 0 Å². The van der Waals surface area contributed by atoms with Gasteiger partial charge in [0.15, 0.2) is 0 Å². The standard InChI is InChI=1S/C15H18ClN3OS/c1-8-5-11(8)12(7-17)18-15(20)13-14(21-19-13)9-3-2-4-10(16)6-9/h2-4,6,8,11-12,19H,5,7,17H2,1H3,(H,18,20)/t8-,11+,12+/m0/s1. The Morgan fingerprint density at radius 2 is 2.38 bits per heavy atom. The van der Waals surface area contributed by atoms with Gasteiger partial charge in [-0.25, -0.2) is 0 Å². The molecule has 0 aliphatic heterocycles. The molecule has 0 spiro atoms. The Bertz CT molecular complexity index is 651. The van der Waals surface area contributed by atoms with Gasteiger partial charge in [-0.05, 0) is 36.0 Å². The fourth-order valence-electron chi connectivity index (χ4n) is 2.63. The number of halogens is 1. The molecule has 1 aromatic heterocycles. The minimum absolute atomic E-state index is 0.0630. The maximum atomic E-state index is 12.4. The zero-order valence-corrected chi connectivity index (χ0v) is 13.3. The molecule has 1 saturated carbocycles. The van der Waals surface area contributed by atoms with Gasteiger partial charge >= 0.3 is 0 Å². The number of aromatic nitrogens is 1. The molecule has 0 radical (unpaired) electrons. The first-order chi connectivity index (χ1) is 10.1. The lowest BCUT2D eigenvalue weighted by Crippen LogP contribution is -2.42. The van der Waals surface area contributed by atoms with Gasteiger partial charge in [0, 0.05) is 17.6 Å². The topological polar surface area (TPSA) is 70.9 Å². The summed E-state index contributed by atoms with van der Waals surface area (Å²) in [6, 6.07) is 7.58. The van der Waals surface area contributed by atoms with Gasteiger partial charge < -0.3 is 15.4 Å². The quantitative estimate of drug-likeness (QED) is 0.791. The summed E-state index contributed by atoms with van der Waals surface area (Å²) in [5.41, 5.74) is 7.34. The van der Waals surface area contributed by atoms with Crippen molar-refractivity contribution >= 4 is 29.0 Å². The van der Waals surface area contributed by atoms with Gasteiger partial charge in [0.25, 0.3) is 5.91 Å². The highest BCUT2D eigenvalue weighted by atomic mass is 35.5. The molecule has 1 aliphatic rings. The Morgan fingerprint density at radius 3 is 2.90 bits per heavy atom. The van der Waals surface area contributed by atoms with E-state index in [0.29, 0.717) is 29.1 Å². The van der Waals surface area contributed by atoms with E-state index in [0.717, 1.165) is 16.9 Å². The maximum absolute atomic E-state index is 12.4. The molecule has 3 atom stereocenters. The van der Waals surface area contributed by atoms with Crippen LogP contribution in [0, 0.1) is 11.8 Å². The number of rotatable bonds is 5. The molecule has 0 saturated heterocycles. The van der Waals surface area contributed by atoms with Crippen LogP contribution in [0.2, 0.25) is 5.02 Å². The van der Waals surface area contributed by atoms with E-state index in [-0.39, 0.29) is 11.9 Å². The lowest BCUT2D eigenvalue weighted by Gasteiger charge is -2.19. The number of nitrogens with one attached hydrogen (secondary N) is 2. The van der Waals surface area contributed by atoms with Crippen LogP contribution in [0.25, 0.3) is 10.4 Å². The Balaban J connectivity index is 1.72. The SMILES string of the molecule is C[C@H]1C[C@H]1[C@@H](CN)NC(=O)c1[nH]sc1-c1cccc(Cl)c1. The van der Waals surface area contributed by atoms with E-state index in [1.165, 1.54) is 11.5 Å². The normalized spacial score (nSPS) is 22.0.